The van der Waals surface area contributed by atoms with E-state index in [0.29, 0.717) is 0 Å². The maximum Gasteiger partial charge on any atom is 0.0548 e. The summed E-state index contributed by atoms with van der Waals surface area (Å²) < 4.78 is 4.86. The normalized spacial score (nSPS) is 11.7. The quantitative estimate of drug-likeness (QED) is 0.198. The largest absolute Gasteiger partial charge is 0.309 e. The number of hydrogen-bond acceptors (Lipinski definition) is 0. The predicted molar refractivity (Wildman–Crippen MR) is 191 cm³/mol. The second kappa shape index (κ2) is 10.1. The van der Waals surface area contributed by atoms with Gasteiger partial charge in [0.1, 0.15) is 0 Å². The first-order chi connectivity index (χ1) is 22.3. The molecule has 0 fully saturated rings. The minimum absolute atomic E-state index is 1.16. The van der Waals surface area contributed by atoms with E-state index >= 15 is 0 Å². The highest BCUT2D eigenvalue weighted by Gasteiger charge is 2.20. The standard InChI is InChI=1S/C43H30N2/c1-29-12-5-6-17-35(29)32-15-11-16-34(28-32)45-39-21-10-8-19-37(39)43-41(45)27-26-40-42(43)36-18-7-9-20-38(36)44(40)33-24-22-31(23-25-33)30-13-3-2-4-14-30/h2-28H,1H3. The summed E-state index contributed by atoms with van der Waals surface area (Å²) in [7, 11) is 0. The first-order valence-electron chi connectivity index (χ1n) is 15.5. The molecule has 0 unspecified atom stereocenters. The van der Waals surface area contributed by atoms with Crippen molar-refractivity contribution in [1.82, 2.24) is 9.13 Å². The highest BCUT2D eigenvalue weighted by molar-refractivity contribution is 6.28. The summed E-state index contributed by atoms with van der Waals surface area (Å²) in [6.45, 7) is 2.18. The molecule has 0 atom stereocenters. The van der Waals surface area contributed by atoms with Crippen molar-refractivity contribution in [2.24, 2.45) is 0 Å². The van der Waals surface area contributed by atoms with Gasteiger partial charge in [-0.15, -0.1) is 0 Å². The molecule has 0 spiro atoms. The van der Waals surface area contributed by atoms with Gasteiger partial charge in [-0.2, -0.15) is 0 Å². The van der Waals surface area contributed by atoms with E-state index in [1.165, 1.54) is 77.1 Å². The Kier molecular flexibility index (Phi) is 5.76. The Labute approximate surface area is 262 Å². The number of para-hydroxylation sites is 2. The first-order valence-corrected chi connectivity index (χ1v) is 15.5. The van der Waals surface area contributed by atoms with Crippen molar-refractivity contribution in [2.75, 3.05) is 0 Å². The zero-order valence-corrected chi connectivity index (χ0v) is 25.0. The first kappa shape index (κ1) is 25.6. The lowest BCUT2D eigenvalue weighted by Gasteiger charge is -2.12. The van der Waals surface area contributed by atoms with Crippen molar-refractivity contribution >= 4 is 43.6 Å². The fourth-order valence-electron chi connectivity index (χ4n) is 7.22. The van der Waals surface area contributed by atoms with E-state index in [1.807, 2.05) is 0 Å². The third-order valence-electron chi connectivity index (χ3n) is 9.26. The fraction of sp³-hybridized carbons (Fsp3) is 0.0233. The van der Waals surface area contributed by atoms with E-state index in [-0.39, 0.29) is 0 Å². The van der Waals surface area contributed by atoms with E-state index in [4.69, 9.17) is 0 Å². The molecule has 45 heavy (non-hydrogen) atoms. The van der Waals surface area contributed by atoms with Crippen LogP contribution in [0.4, 0.5) is 0 Å². The summed E-state index contributed by atoms with van der Waals surface area (Å²) in [5, 5.41) is 5.11. The number of rotatable bonds is 4. The number of hydrogen-bond donors (Lipinski definition) is 0. The lowest BCUT2D eigenvalue weighted by molar-refractivity contribution is 1.17. The lowest BCUT2D eigenvalue weighted by atomic mass is 10.0. The molecule has 2 nitrogen and oxygen atoms in total. The van der Waals surface area contributed by atoms with Gasteiger partial charge in [0, 0.05) is 32.9 Å². The van der Waals surface area contributed by atoms with E-state index in [9.17, 15) is 0 Å². The molecule has 2 aromatic heterocycles. The molecule has 9 rings (SSSR count). The Morgan fingerprint density at radius 1 is 0.356 bits per heavy atom. The van der Waals surface area contributed by atoms with E-state index < -0.39 is 0 Å². The molecule has 9 aromatic rings. The molecule has 0 saturated carbocycles. The predicted octanol–water partition coefficient (Wildman–Crippen LogP) is 11.5. The summed E-state index contributed by atoms with van der Waals surface area (Å²) >= 11 is 0. The zero-order chi connectivity index (χ0) is 29.9. The van der Waals surface area contributed by atoms with Gasteiger partial charge >= 0.3 is 0 Å². The van der Waals surface area contributed by atoms with E-state index in [0.717, 1.165) is 5.69 Å². The van der Waals surface area contributed by atoms with Gasteiger partial charge in [-0.3, -0.25) is 0 Å². The summed E-state index contributed by atoms with van der Waals surface area (Å²) in [5.74, 6) is 0. The topological polar surface area (TPSA) is 9.86 Å². The van der Waals surface area contributed by atoms with Crippen LogP contribution in [0.1, 0.15) is 5.56 Å². The maximum atomic E-state index is 2.44. The van der Waals surface area contributed by atoms with Gasteiger partial charge < -0.3 is 9.13 Å². The van der Waals surface area contributed by atoms with Crippen molar-refractivity contribution in [2.45, 2.75) is 6.92 Å². The van der Waals surface area contributed by atoms with Gasteiger partial charge in [0.25, 0.3) is 0 Å². The van der Waals surface area contributed by atoms with Crippen LogP contribution in [-0.2, 0) is 0 Å². The number of aryl methyl sites for hydroxylation is 1. The molecule has 0 saturated heterocycles. The lowest BCUT2D eigenvalue weighted by Crippen LogP contribution is -1.95. The Morgan fingerprint density at radius 3 is 1.56 bits per heavy atom. The van der Waals surface area contributed by atoms with Crippen molar-refractivity contribution in [3.05, 3.63) is 169 Å². The van der Waals surface area contributed by atoms with Crippen LogP contribution in [0.25, 0.3) is 77.2 Å². The number of nitrogens with zero attached hydrogens (tertiary/aromatic N) is 2. The van der Waals surface area contributed by atoms with Crippen molar-refractivity contribution in [3.8, 4) is 33.6 Å². The SMILES string of the molecule is Cc1ccccc1-c1cccc(-n2c3ccccc3c3c4c5ccccc5n(-c5ccc(-c6ccccc6)cc5)c4ccc32)c1. The van der Waals surface area contributed by atoms with Crippen LogP contribution in [0.2, 0.25) is 0 Å². The van der Waals surface area contributed by atoms with Crippen molar-refractivity contribution < 1.29 is 0 Å². The molecule has 2 heterocycles. The molecule has 0 aliphatic heterocycles. The maximum absolute atomic E-state index is 2.44. The van der Waals surface area contributed by atoms with Crippen LogP contribution in [0.3, 0.4) is 0 Å². The van der Waals surface area contributed by atoms with Gasteiger partial charge in [0.15, 0.2) is 0 Å². The van der Waals surface area contributed by atoms with Gasteiger partial charge in [-0.1, -0.05) is 115 Å². The van der Waals surface area contributed by atoms with E-state index in [1.54, 1.807) is 0 Å². The summed E-state index contributed by atoms with van der Waals surface area (Å²) in [6, 6.07) is 59.4. The number of aromatic nitrogens is 2. The van der Waals surface area contributed by atoms with E-state index in [2.05, 4.69) is 180 Å². The third-order valence-corrected chi connectivity index (χ3v) is 9.26. The highest BCUT2D eigenvalue weighted by atomic mass is 15.0. The molecule has 0 amide bonds. The van der Waals surface area contributed by atoms with Crippen LogP contribution < -0.4 is 0 Å². The second-order valence-corrected chi connectivity index (χ2v) is 11.8. The minimum atomic E-state index is 1.16. The van der Waals surface area contributed by atoms with Gasteiger partial charge in [0.05, 0.1) is 22.1 Å². The van der Waals surface area contributed by atoms with Crippen LogP contribution in [-0.4, -0.2) is 9.13 Å². The van der Waals surface area contributed by atoms with Crippen LogP contribution in [0, 0.1) is 6.92 Å². The molecule has 7 aromatic carbocycles. The summed E-state index contributed by atoms with van der Waals surface area (Å²) in [6.07, 6.45) is 0. The average Bonchev–Trinajstić information content (AvgIpc) is 3.62. The smallest absolute Gasteiger partial charge is 0.0548 e. The summed E-state index contributed by atoms with van der Waals surface area (Å²) in [4.78, 5) is 0. The monoisotopic (exact) mass is 574 g/mol. The van der Waals surface area contributed by atoms with Gasteiger partial charge in [0.2, 0.25) is 0 Å². The number of fused-ring (bicyclic) bond motifs is 7. The Hall–Kier alpha value is -5.86. The molecular formula is C43H30N2. The zero-order valence-electron chi connectivity index (χ0n) is 25.0. The molecule has 0 N–H and O–H groups in total. The van der Waals surface area contributed by atoms with Crippen LogP contribution in [0.5, 0.6) is 0 Å². The molecule has 2 heteroatoms. The highest BCUT2D eigenvalue weighted by Crippen LogP contribution is 2.42. The summed E-state index contributed by atoms with van der Waals surface area (Å²) in [5.41, 5.74) is 13.4. The Balaban J connectivity index is 1.31. The van der Waals surface area contributed by atoms with Crippen LogP contribution in [0.15, 0.2) is 164 Å². The second-order valence-electron chi connectivity index (χ2n) is 11.8. The molecule has 0 radical (unpaired) electrons. The Morgan fingerprint density at radius 2 is 0.889 bits per heavy atom. The van der Waals surface area contributed by atoms with Crippen molar-refractivity contribution in [3.63, 3.8) is 0 Å². The number of benzene rings is 7. The molecule has 0 bridgehead atoms. The van der Waals surface area contributed by atoms with Crippen molar-refractivity contribution in [1.29, 1.82) is 0 Å². The molecule has 212 valence electrons. The molecular weight excluding hydrogens is 544 g/mol. The average molecular weight is 575 g/mol. The van der Waals surface area contributed by atoms with Crippen LogP contribution >= 0.6 is 0 Å². The molecule has 0 aliphatic carbocycles. The van der Waals surface area contributed by atoms with Gasteiger partial charge in [-0.05, 0) is 83.3 Å². The van der Waals surface area contributed by atoms with Gasteiger partial charge in [-0.25, -0.2) is 0 Å². The Bertz CT molecular complexity index is 2530. The molecule has 0 aliphatic rings. The third kappa shape index (κ3) is 3.96. The minimum Gasteiger partial charge on any atom is -0.309 e. The fourth-order valence-corrected chi connectivity index (χ4v) is 7.22.